The number of hydrogen-bond acceptors (Lipinski definition) is 5. The van der Waals surface area contributed by atoms with E-state index >= 15 is 0 Å². The van der Waals surface area contributed by atoms with Crippen molar-refractivity contribution in [3.8, 4) is 0 Å². The highest BCUT2D eigenvalue weighted by Gasteiger charge is 2.39. The van der Waals surface area contributed by atoms with Gasteiger partial charge in [0.1, 0.15) is 0 Å². The molecule has 4 atom stereocenters. The molecule has 4 aromatic carbocycles. The predicted molar refractivity (Wildman–Crippen MR) is 154 cm³/mol. The number of aliphatic hydroxyl groups is 1. The van der Waals surface area contributed by atoms with Gasteiger partial charge >= 0.3 is 0 Å². The second kappa shape index (κ2) is 13.2. The van der Waals surface area contributed by atoms with Gasteiger partial charge in [-0.15, -0.1) is 0 Å². The molecule has 5 heteroatoms. The van der Waals surface area contributed by atoms with Crippen molar-refractivity contribution in [3.63, 3.8) is 0 Å². The first-order chi connectivity index (χ1) is 19.1. The third kappa shape index (κ3) is 7.01. The maximum absolute atomic E-state index is 9.54. The van der Waals surface area contributed by atoms with Crippen LogP contribution in [-0.4, -0.2) is 22.7 Å². The lowest BCUT2D eigenvalue weighted by atomic mass is 9.89. The first-order valence-electron chi connectivity index (χ1n) is 13.7. The first-order valence-corrected chi connectivity index (χ1v) is 13.7. The third-order valence-electron chi connectivity index (χ3n) is 7.55. The van der Waals surface area contributed by atoms with Gasteiger partial charge in [-0.05, 0) is 27.8 Å². The van der Waals surface area contributed by atoms with Crippen molar-refractivity contribution in [1.82, 2.24) is 4.90 Å². The summed E-state index contributed by atoms with van der Waals surface area (Å²) in [5, 5.41) is 9.54. The zero-order chi connectivity index (χ0) is 27.0. The Morgan fingerprint density at radius 2 is 1.21 bits per heavy atom. The molecule has 0 unspecified atom stereocenters. The molecule has 1 aliphatic rings. The normalized spacial score (nSPS) is 21.2. The Labute approximate surface area is 231 Å². The van der Waals surface area contributed by atoms with Crippen molar-refractivity contribution < 1.29 is 14.6 Å². The van der Waals surface area contributed by atoms with Crippen molar-refractivity contribution in [1.29, 1.82) is 0 Å². The fraction of sp³-hybridized carbons (Fsp3) is 0.294. The minimum Gasteiger partial charge on any atom is -0.392 e. The van der Waals surface area contributed by atoms with Gasteiger partial charge in [0.05, 0.1) is 18.8 Å². The lowest BCUT2D eigenvalue weighted by Gasteiger charge is -2.43. The monoisotopic (exact) mass is 522 g/mol. The van der Waals surface area contributed by atoms with Gasteiger partial charge in [-0.3, -0.25) is 4.90 Å². The van der Waals surface area contributed by atoms with E-state index in [4.69, 9.17) is 15.2 Å². The summed E-state index contributed by atoms with van der Waals surface area (Å²) >= 11 is 0. The molecular formula is C34H38N2O3. The van der Waals surface area contributed by atoms with Crippen LogP contribution < -0.4 is 5.73 Å². The van der Waals surface area contributed by atoms with Gasteiger partial charge in [-0.2, -0.15) is 0 Å². The van der Waals surface area contributed by atoms with Crippen molar-refractivity contribution in [3.05, 3.63) is 143 Å². The Balaban J connectivity index is 1.43. The second-order valence-electron chi connectivity index (χ2n) is 10.4. The number of hydrogen-bond donors (Lipinski definition) is 2. The zero-order valence-corrected chi connectivity index (χ0v) is 22.5. The minimum absolute atomic E-state index is 0.0249. The van der Waals surface area contributed by atoms with E-state index in [2.05, 4.69) is 96.8 Å². The Morgan fingerprint density at radius 3 is 1.74 bits per heavy atom. The summed E-state index contributed by atoms with van der Waals surface area (Å²) in [6.07, 6.45) is -0.699. The largest absolute Gasteiger partial charge is 0.392 e. The molecule has 1 saturated heterocycles. The first kappa shape index (κ1) is 27.3. The van der Waals surface area contributed by atoms with Crippen LogP contribution in [0, 0.1) is 5.92 Å². The van der Waals surface area contributed by atoms with Crippen LogP contribution >= 0.6 is 0 Å². The summed E-state index contributed by atoms with van der Waals surface area (Å²) in [4.78, 5) is 2.47. The molecule has 1 heterocycles. The average molecular weight is 523 g/mol. The van der Waals surface area contributed by atoms with Crippen molar-refractivity contribution >= 4 is 0 Å². The van der Waals surface area contributed by atoms with Crippen LogP contribution in [0.15, 0.2) is 109 Å². The SMILES string of the molecule is C[C@H]1[C@@H](CN(Cc2ccccc2)Cc2ccccc2)O[C@@H](c2ccc(CN)cc2)O[C@H]1c1ccc(CO)cc1. The highest BCUT2D eigenvalue weighted by Crippen LogP contribution is 2.42. The predicted octanol–water partition coefficient (Wildman–Crippen LogP) is 6.13. The molecule has 5 rings (SSSR count). The number of nitrogens with zero attached hydrogens (tertiary/aromatic N) is 1. The summed E-state index contributed by atoms with van der Waals surface area (Å²) in [7, 11) is 0. The number of benzene rings is 4. The second-order valence-corrected chi connectivity index (χ2v) is 10.4. The number of aliphatic hydroxyl groups excluding tert-OH is 1. The van der Waals surface area contributed by atoms with Gasteiger partial charge in [0.15, 0.2) is 6.29 Å². The molecule has 1 fully saturated rings. The molecule has 39 heavy (non-hydrogen) atoms. The highest BCUT2D eigenvalue weighted by atomic mass is 16.7. The Kier molecular flexibility index (Phi) is 9.19. The van der Waals surface area contributed by atoms with Crippen LogP contribution in [0.1, 0.15) is 52.7 Å². The van der Waals surface area contributed by atoms with Crippen LogP contribution in [0.2, 0.25) is 0 Å². The summed E-state index contributed by atoms with van der Waals surface area (Å²) < 4.78 is 13.4. The fourth-order valence-electron chi connectivity index (χ4n) is 5.26. The third-order valence-corrected chi connectivity index (χ3v) is 7.55. The molecule has 0 aliphatic carbocycles. The Hall–Kier alpha value is -3.32. The molecule has 3 N–H and O–H groups in total. The minimum atomic E-state index is -0.490. The Bertz CT molecular complexity index is 1240. The van der Waals surface area contributed by atoms with E-state index in [0.717, 1.165) is 41.9 Å². The summed E-state index contributed by atoms with van der Waals surface area (Å²) in [5.74, 6) is 0.110. The lowest BCUT2D eigenvalue weighted by Crippen LogP contribution is -2.44. The van der Waals surface area contributed by atoms with Crippen LogP contribution in [0.25, 0.3) is 0 Å². The molecule has 0 aromatic heterocycles. The molecule has 0 bridgehead atoms. The van der Waals surface area contributed by atoms with Crippen molar-refractivity contribution in [2.45, 2.75) is 51.7 Å². The van der Waals surface area contributed by atoms with E-state index in [1.54, 1.807) is 0 Å². The number of ether oxygens (including phenoxy) is 2. The number of rotatable bonds is 10. The van der Waals surface area contributed by atoms with E-state index in [1.165, 1.54) is 11.1 Å². The van der Waals surface area contributed by atoms with Gasteiger partial charge in [-0.25, -0.2) is 0 Å². The number of nitrogens with two attached hydrogens (primary N) is 1. The van der Waals surface area contributed by atoms with Gasteiger partial charge in [0.25, 0.3) is 0 Å². The molecule has 0 radical (unpaired) electrons. The molecule has 1 aliphatic heterocycles. The maximum atomic E-state index is 9.54. The van der Waals surface area contributed by atoms with Gasteiger partial charge in [0, 0.05) is 37.7 Å². The van der Waals surface area contributed by atoms with Crippen LogP contribution in [0.5, 0.6) is 0 Å². The standard InChI is InChI=1S/C34H38N2O3/c1-25-32(23-36(21-27-8-4-2-5-9-27)22-28-10-6-3-7-11-28)38-34(31-18-12-26(20-35)13-19-31)39-33(25)30-16-14-29(24-37)15-17-30/h2-19,25,32-34,37H,20-24,35H2,1H3/t25-,32+,33+,34+/m0/s1. The highest BCUT2D eigenvalue weighted by molar-refractivity contribution is 5.27. The molecule has 4 aromatic rings. The quantitative estimate of drug-likeness (QED) is 0.262. The molecule has 0 spiro atoms. The van der Waals surface area contributed by atoms with E-state index in [-0.39, 0.29) is 24.7 Å². The van der Waals surface area contributed by atoms with E-state index < -0.39 is 6.29 Å². The van der Waals surface area contributed by atoms with Crippen LogP contribution in [-0.2, 0) is 35.7 Å². The smallest absolute Gasteiger partial charge is 0.184 e. The molecule has 5 nitrogen and oxygen atoms in total. The van der Waals surface area contributed by atoms with Gasteiger partial charge < -0.3 is 20.3 Å². The van der Waals surface area contributed by atoms with Crippen LogP contribution in [0.4, 0.5) is 0 Å². The molecule has 0 amide bonds. The fourth-order valence-corrected chi connectivity index (χ4v) is 5.26. The van der Waals surface area contributed by atoms with Crippen molar-refractivity contribution in [2.24, 2.45) is 11.7 Å². The Morgan fingerprint density at radius 1 is 0.667 bits per heavy atom. The molecule has 202 valence electrons. The lowest BCUT2D eigenvalue weighted by molar-refractivity contribution is -0.276. The maximum Gasteiger partial charge on any atom is 0.184 e. The van der Waals surface area contributed by atoms with E-state index in [9.17, 15) is 5.11 Å². The summed E-state index contributed by atoms with van der Waals surface area (Å²) in [6, 6.07) is 37.5. The van der Waals surface area contributed by atoms with Gasteiger partial charge in [-0.1, -0.05) is 116 Å². The van der Waals surface area contributed by atoms with Gasteiger partial charge in [0.2, 0.25) is 0 Å². The topological polar surface area (TPSA) is 68.0 Å². The van der Waals surface area contributed by atoms with E-state index in [0.29, 0.717) is 6.54 Å². The summed E-state index contributed by atoms with van der Waals surface area (Å²) in [6.45, 7) is 5.16. The van der Waals surface area contributed by atoms with E-state index in [1.807, 2.05) is 24.3 Å². The zero-order valence-electron chi connectivity index (χ0n) is 22.5. The molecule has 0 saturated carbocycles. The average Bonchev–Trinajstić information content (AvgIpc) is 2.99. The summed E-state index contributed by atoms with van der Waals surface area (Å²) in [5.41, 5.74) is 12.4. The van der Waals surface area contributed by atoms with Crippen molar-refractivity contribution in [2.75, 3.05) is 6.54 Å². The van der Waals surface area contributed by atoms with Crippen LogP contribution in [0.3, 0.4) is 0 Å². The molecular weight excluding hydrogens is 484 g/mol.